The lowest BCUT2D eigenvalue weighted by Gasteiger charge is -1.92. The molecule has 4 heteroatoms. The van der Waals surface area contributed by atoms with Gasteiger partial charge in [0.2, 0.25) is 0 Å². The minimum atomic E-state index is 0.645. The van der Waals surface area contributed by atoms with E-state index in [-0.39, 0.29) is 0 Å². The van der Waals surface area contributed by atoms with Crippen LogP contribution in [0.15, 0.2) is 53.1 Å². The Labute approximate surface area is 109 Å². The minimum Gasteiger partial charge on any atom is -0.356 e. The maximum Gasteiger partial charge on any atom is 0.167 e. The second kappa shape index (κ2) is 3.95. The summed E-state index contributed by atoms with van der Waals surface area (Å²) < 4.78 is 5.30. The highest BCUT2D eigenvalue weighted by Gasteiger charge is 2.10. The number of rotatable bonds is 2. The van der Waals surface area contributed by atoms with Crippen molar-refractivity contribution in [2.24, 2.45) is 0 Å². The second-order valence-corrected chi connectivity index (χ2v) is 4.50. The predicted octanol–water partition coefficient (Wildman–Crippen LogP) is 3.29. The van der Waals surface area contributed by atoms with Gasteiger partial charge in [0.25, 0.3) is 0 Å². The van der Waals surface area contributed by atoms with Gasteiger partial charge in [0.1, 0.15) is 5.82 Å². The Balaban J connectivity index is 1.78. The van der Waals surface area contributed by atoms with Crippen molar-refractivity contribution in [2.75, 3.05) is 0 Å². The van der Waals surface area contributed by atoms with Gasteiger partial charge in [-0.05, 0) is 24.3 Å². The van der Waals surface area contributed by atoms with Gasteiger partial charge in [-0.2, -0.15) is 0 Å². The van der Waals surface area contributed by atoms with Gasteiger partial charge in [0.15, 0.2) is 5.58 Å². The largest absolute Gasteiger partial charge is 0.356 e. The van der Waals surface area contributed by atoms with E-state index in [9.17, 15) is 0 Å². The molecule has 0 saturated carbocycles. The molecular weight excluding hydrogens is 238 g/mol. The molecule has 0 fully saturated rings. The zero-order chi connectivity index (χ0) is 12.7. The number of nitrogens with one attached hydrogen (secondary N) is 1. The van der Waals surface area contributed by atoms with E-state index in [4.69, 9.17) is 4.52 Å². The third-order valence-electron chi connectivity index (χ3n) is 3.23. The van der Waals surface area contributed by atoms with Crippen LogP contribution in [0, 0.1) is 0 Å². The first kappa shape index (κ1) is 10.3. The first-order chi connectivity index (χ1) is 9.40. The van der Waals surface area contributed by atoms with Crippen LogP contribution in [0.2, 0.25) is 0 Å². The molecule has 0 aliphatic carbocycles. The van der Waals surface area contributed by atoms with E-state index in [1.807, 2.05) is 48.5 Å². The summed E-state index contributed by atoms with van der Waals surface area (Å²) in [4.78, 5) is 7.86. The highest BCUT2D eigenvalue weighted by atomic mass is 16.5. The van der Waals surface area contributed by atoms with Crippen LogP contribution in [0.3, 0.4) is 0 Å². The van der Waals surface area contributed by atoms with E-state index in [1.54, 1.807) is 0 Å². The molecule has 2 aromatic heterocycles. The summed E-state index contributed by atoms with van der Waals surface area (Å²) in [7, 11) is 0. The average Bonchev–Trinajstić information content (AvgIpc) is 3.03. The first-order valence-electron chi connectivity index (χ1n) is 6.17. The summed E-state index contributed by atoms with van der Waals surface area (Å²) in [6, 6.07) is 15.9. The molecule has 0 bridgehead atoms. The summed E-state index contributed by atoms with van der Waals surface area (Å²) >= 11 is 0. The fourth-order valence-electron chi connectivity index (χ4n) is 2.31. The zero-order valence-electron chi connectivity index (χ0n) is 10.1. The normalized spacial score (nSPS) is 11.4. The van der Waals surface area contributed by atoms with Crippen LogP contribution >= 0.6 is 0 Å². The highest BCUT2D eigenvalue weighted by molar-refractivity contribution is 5.80. The maximum absolute atomic E-state index is 5.30. The quantitative estimate of drug-likeness (QED) is 0.593. The van der Waals surface area contributed by atoms with E-state index in [2.05, 4.69) is 15.1 Å². The number of aromatic amines is 1. The number of nitrogens with zero attached hydrogens (tertiary/aromatic N) is 2. The van der Waals surface area contributed by atoms with Crippen molar-refractivity contribution in [3.05, 3.63) is 60.0 Å². The van der Waals surface area contributed by atoms with Gasteiger partial charge >= 0.3 is 0 Å². The number of H-pyrrole nitrogens is 1. The molecular formula is C15H11N3O. The summed E-state index contributed by atoms with van der Waals surface area (Å²) in [5.41, 5.74) is 3.75. The molecule has 0 amide bonds. The third-order valence-corrected chi connectivity index (χ3v) is 3.23. The standard InChI is InChI=1S/C15H11N3O/c1-4-8-14-10(5-1)13(18-19-14)9-15-16-11-6-2-3-7-12(11)17-15/h1-8H,9H2,(H,16,17). The minimum absolute atomic E-state index is 0.645. The van der Waals surface area contributed by atoms with Crippen molar-refractivity contribution in [3.63, 3.8) is 0 Å². The van der Waals surface area contributed by atoms with Crippen LogP contribution in [0.25, 0.3) is 22.0 Å². The number of fused-ring (bicyclic) bond motifs is 2. The summed E-state index contributed by atoms with van der Waals surface area (Å²) in [5, 5.41) is 5.17. The Morgan fingerprint density at radius 3 is 2.79 bits per heavy atom. The van der Waals surface area contributed by atoms with Crippen molar-refractivity contribution in [2.45, 2.75) is 6.42 Å². The molecule has 0 aliphatic heterocycles. The van der Waals surface area contributed by atoms with Crippen LogP contribution in [0.4, 0.5) is 0 Å². The highest BCUT2D eigenvalue weighted by Crippen LogP contribution is 2.20. The number of hydrogen-bond acceptors (Lipinski definition) is 3. The first-order valence-corrected chi connectivity index (χ1v) is 6.17. The molecule has 0 spiro atoms. The Bertz CT molecular complexity index is 827. The van der Waals surface area contributed by atoms with Gasteiger partial charge in [0.05, 0.1) is 23.1 Å². The summed E-state index contributed by atoms with van der Waals surface area (Å²) in [6.45, 7) is 0. The predicted molar refractivity (Wildman–Crippen MR) is 72.9 cm³/mol. The van der Waals surface area contributed by atoms with E-state index in [1.165, 1.54) is 0 Å². The van der Waals surface area contributed by atoms with Gasteiger partial charge in [-0.3, -0.25) is 0 Å². The van der Waals surface area contributed by atoms with Gasteiger partial charge in [-0.15, -0.1) is 0 Å². The SMILES string of the molecule is c1ccc2[nH]c(Cc3noc4ccccc34)nc2c1. The lowest BCUT2D eigenvalue weighted by Crippen LogP contribution is -1.91. The molecule has 2 aromatic carbocycles. The van der Waals surface area contributed by atoms with E-state index in [0.717, 1.165) is 33.5 Å². The van der Waals surface area contributed by atoms with E-state index in [0.29, 0.717) is 6.42 Å². The van der Waals surface area contributed by atoms with Gasteiger partial charge in [-0.1, -0.05) is 29.4 Å². The van der Waals surface area contributed by atoms with Crippen LogP contribution in [-0.2, 0) is 6.42 Å². The molecule has 0 saturated heterocycles. The van der Waals surface area contributed by atoms with Gasteiger partial charge in [0, 0.05) is 5.39 Å². The fourth-order valence-corrected chi connectivity index (χ4v) is 2.31. The summed E-state index contributed by atoms with van der Waals surface area (Å²) in [5.74, 6) is 0.903. The van der Waals surface area contributed by atoms with Crippen LogP contribution in [0.5, 0.6) is 0 Å². The number of para-hydroxylation sites is 3. The number of imidazole rings is 1. The monoisotopic (exact) mass is 249 g/mol. The van der Waals surface area contributed by atoms with E-state index >= 15 is 0 Å². The lowest BCUT2D eigenvalue weighted by atomic mass is 10.2. The van der Waals surface area contributed by atoms with Crippen molar-refractivity contribution < 1.29 is 4.52 Å². The Hall–Kier alpha value is -2.62. The lowest BCUT2D eigenvalue weighted by molar-refractivity contribution is 0.447. The fraction of sp³-hybridized carbons (Fsp3) is 0.0667. The Morgan fingerprint density at radius 2 is 1.84 bits per heavy atom. The number of hydrogen-bond donors (Lipinski definition) is 1. The molecule has 4 aromatic rings. The third kappa shape index (κ3) is 1.69. The molecule has 0 aliphatic rings. The summed E-state index contributed by atoms with van der Waals surface area (Å²) in [6.07, 6.45) is 0.645. The topological polar surface area (TPSA) is 54.7 Å². The molecule has 2 heterocycles. The Morgan fingerprint density at radius 1 is 1.00 bits per heavy atom. The van der Waals surface area contributed by atoms with Gasteiger partial charge < -0.3 is 9.51 Å². The molecule has 0 unspecified atom stereocenters. The van der Waals surface area contributed by atoms with Crippen LogP contribution < -0.4 is 0 Å². The Kier molecular flexibility index (Phi) is 2.14. The molecule has 92 valence electrons. The van der Waals surface area contributed by atoms with Gasteiger partial charge in [-0.25, -0.2) is 4.98 Å². The smallest absolute Gasteiger partial charge is 0.167 e. The number of aromatic nitrogens is 3. The van der Waals surface area contributed by atoms with E-state index < -0.39 is 0 Å². The average molecular weight is 249 g/mol. The zero-order valence-corrected chi connectivity index (χ0v) is 10.1. The van der Waals surface area contributed by atoms with Crippen molar-refractivity contribution in [1.29, 1.82) is 0 Å². The van der Waals surface area contributed by atoms with Crippen LogP contribution in [-0.4, -0.2) is 15.1 Å². The molecule has 19 heavy (non-hydrogen) atoms. The van der Waals surface area contributed by atoms with Crippen LogP contribution in [0.1, 0.15) is 11.5 Å². The van der Waals surface area contributed by atoms with Crippen molar-refractivity contribution >= 4 is 22.0 Å². The van der Waals surface area contributed by atoms with Crippen molar-refractivity contribution in [3.8, 4) is 0 Å². The second-order valence-electron chi connectivity index (χ2n) is 4.50. The molecule has 0 atom stereocenters. The molecule has 1 N–H and O–H groups in total. The molecule has 4 nitrogen and oxygen atoms in total. The number of benzene rings is 2. The van der Waals surface area contributed by atoms with Crippen molar-refractivity contribution in [1.82, 2.24) is 15.1 Å². The molecule has 0 radical (unpaired) electrons. The maximum atomic E-state index is 5.30. The molecule has 4 rings (SSSR count).